The zero-order valence-electron chi connectivity index (χ0n) is 9.12. The maximum absolute atomic E-state index is 11.4. The third-order valence-corrected chi connectivity index (χ3v) is 3.65. The van der Waals surface area contributed by atoms with Crippen LogP contribution in [0.1, 0.15) is 39.5 Å². The second-order valence-corrected chi connectivity index (χ2v) is 5.39. The van der Waals surface area contributed by atoms with Gasteiger partial charge >= 0.3 is 0 Å². The van der Waals surface area contributed by atoms with Crippen molar-refractivity contribution in [2.24, 2.45) is 5.73 Å². The van der Waals surface area contributed by atoms with Gasteiger partial charge in [-0.2, -0.15) is 0 Å². The molecule has 4 nitrogen and oxygen atoms in total. The van der Waals surface area contributed by atoms with Gasteiger partial charge in [-0.15, -0.1) is 0 Å². The Bertz CT molecular complexity index is 227. The Morgan fingerprint density at radius 2 is 1.93 bits per heavy atom. The normalized spacial score (nSPS) is 14.2. The summed E-state index contributed by atoms with van der Waals surface area (Å²) in [6, 6.07) is -0.0912. The maximum atomic E-state index is 11.4. The predicted octanol–water partition coefficient (Wildman–Crippen LogP) is 0.833. The van der Waals surface area contributed by atoms with Crippen molar-refractivity contribution in [3.05, 3.63) is 0 Å². The van der Waals surface area contributed by atoms with Crippen molar-refractivity contribution in [3.8, 4) is 0 Å². The van der Waals surface area contributed by atoms with Crippen LogP contribution in [0.5, 0.6) is 0 Å². The van der Waals surface area contributed by atoms with Crippen LogP contribution in [0.15, 0.2) is 0 Å². The Hall–Kier alpha value is -0.130. The summed E-state index contributed by atoms with van der Waals surface area (Å²) in [4.78, 5) is 0. The van der Waals surface area contributed by atoms with Crippen molar-refractivity contribution in [2.75, 3.05) is 12.3 Å². The molecule has 0 aromatic rings. The van der Waals surface area contributed by atoms with Gasteiger partial charge in [0.1, 0.15) is 0 Å². The largest absolute Gasteiger partial charge is 0.329 e. The molecule has 1 unspecified atom stereocenters. The van der Waals surface area contributed by atoms with Crippen LogP contribution in [0.4, 0.5) is 0 Å². The first-order valence-electron chi connectivity index (χ1n) is 5.25. The van der Waals surface area contributed by atoms with Crippen LogP contribution >= 0.6 is 0 Å². The van der Waals surface area contributed by atoms with Crippen LogP contribution in [0, 0.1) is 0 Å². The van der Waals surface area contributed by atoms with Gasteiger partial charge in [0.15, 0.2) is 0 Å². The molecular formula is C9H22N2O2S. The minimum absolute atomic E-state index is 0.0912. The summed E-state index contributed by atoms with van der Waals surface area (Å²) in [5, 5.41) is 0. The number of rotatable bonds is 8. The smallest absolute Gasteiger partial charge is 0.211 e. The van der Waals surface area contributed by atoms with Crippen molar-refractivity contribution in [1.82, 2.24) is 4.72 Å². The number of unbranched alkanes of at least 4 members (excludes halogenated alkanes) is 1. The fourth-order valence-electron chi connectivity index (χ4n) is 1.26. The summed E-state index contributed by atoms with van der Waals surface area (Å²) in [6.07, 6.45) is 3.54. The number of hydrogen-bond acceptors (Lipinski definition) is 3. The molecular weight excluding hydrogens is 200 g/mol. The molecule has 5 heteroatoms. The quantitative estimate of drug-likeness (QED) is 0.639. The first-order chi connectivity index (χ1) is 6.55. The lowest BCUT2D eigenvalue weighted by molar-refractivity contribution is 0.516. The highest BCUT2D eigenvalue weighted by molar-refractivity contribution is 7.89. The highest BCUT2D eigenvalue weighted by atomic mass is 32.2. The zero-order valence-corrected chi connectivity index (χ0v) is 9.94. The standard InChI is InChI=1S/C9H22N2O2S/c1-3-5-6-9(8-10)11-14(12,13)7-4-2/h9,11H,3-8,10H2,1-2H3. The Labute approximate surface area is 87.3 Å². The van der Waals surface area contributed by atoms with E-state index in [-0.39, 0.29) is 11.8 Å². The van der Waals surface area contributed by atoms with Gasteiger partial charge in [-0.05, 0) is 12.8 Å². The second kappa shape index (κ2) is 7.20. The van der Waals surface area contributed by atoms with E-state index in [9.17, 15) is 8.42 Å². The van der Waals surface area contributed by atoms with Crippen molar-refractivity contribution in [2.45, 2.75) is 45.6 Å². The van der Waals surface area contributed by atoms with Crippen molar-refractivity contribution in [3.63, 3.8) is 0 Å². The molecule has 0 bridgehead atoms. The molecule has 3 N–H and O–H groups in total. The fraction of sp³-hybridized carbons (Fsp3) is 1.00. The van der Waals surface area contributed by atoms with E-state index < -0.39 is 10.0 Å². The highest BCUT2D eigenvalue weighted by Gasteiger charge is 2.14. The molecule has 0 aliphatic rings. The molecule has 0 aromatic carbocycles. The number of nitrogens with two attached hydrogens (primary N) is 1. The molecule has 0 rings (SSSR count). The van der Waals surface area contributed by atoms with E-state index in [1.165, 1.54) is 0 Å². The topological polar surface area (TPSA) is 72.2 Å². The molecule has 14 heavy (non-hydrogen) atoms. The molecule has 0 aliphatic heterocycles. The molecule has 0 spiro atoms. The highest BCUT2D eigenvalue weighted by Crippen LogP contribution is 2.01. The van der Waals surface area contributed by atoms with Gasteiger partial charge in [-0.1, -0.05) is 26.7 Å². The first-order valence-corrected chi connectivity index (χ1v) is 6.91. The van der Waals surface area contributed by atoms with Crippen LogP contribution in [0.3, 0.4) is 0 Å². The van der Waals surface area contributed by atoms with Crippen molar-refractivity contribution in [1.29, 1.82) is 0 Å². The van der Waals surface area contributed by atoms with Gasteiger partial charge < -0.3 is 5.73 Å². The van der Waals surface area contributed by atoms with E-state index >= 15 is 0 Å². The monoisotopic (exact) mass is 222 g/mol. The molecule has 0 aromatic heterocycles. The number of hydrogen-bond donors (Lipinski definition) is 2. The number of nitrogens with one attached hydrogen (secondary N) is 1. The maximum Gasteiger partial charge on any atom is 0.211 e. The Balaban J connectivity index is 4.03. The van der Waals surface area contributed by atoms with Gasteiger partial charge in [0, 0.05) is 12.6 Å². The number of sulfonamides is 1. The van der Waals surface area contributed by atoms with Gasteiger partial charge in [0.05, 0.1) is 5.75 Å². The third-order valence-electron chi connectivity index (χ3n) is 2.01. The lowest BCUT2D eigenvalue weighted by Gasteiger charge is -2.16. The lowest BCUT2D eigenvalue weighted by atomic mass is 10.1. The minimum Gasteiger partial charge on any atom is -0.329 e. The Morgan fingerprint density at radius 1 is 1.29 bits per heavy atom. The van der Waals surface area contributed by atoms with E-state index in [1.807, 2.05) is 6.92 Å². The second-order valence-electron chi connectivity index (χ2n) is 3.51. The third kappa shape index (κ3) is 6.34. The molecule has 0 radical (unpaired) electrons. The molecule has 0 fully saturated rings. The fourth-order valence-corrected chi connectivity index (χ4v) is 2.63. The molecule has 1 atom stereocenters. The van der Waals surface area contributed by atoms with Gasteiger partial charge in [0.25, 0.3) is 0 Å². The van der Waals surface area contributed by atoms with Gasteiger partial charge in [-0.25, -0.2) is 13.1 Å². The van der Waals surface area contributed by atoms with Crippen LogP contribution in [-0.4, -0.2) is 26.8 Å². The van der Waals surface area contributed by atoms with Crippen molar-refractivity contribution < 1.29 is 8.42 Å². The Morgan fingerprint density at radius 3 is 2.36 bits per heavy atom. The summed E-state index contributed by atoms with van der Waals surface area (Å²) in [5.74, 6) is 0.190. The first kappa shape index (κ1) is 13.9. The van der Waals surface area contributed by atoms with Crippen LogP contribution in [0.2, 0.25) is 0 Å². The van der Waals surface area contributed by atoms with Crippen molar-refractivity contribution >= 4 is 10.0 Å². The molecule has 0 aliphatic carbocycles. The van der Waals surface area contributed by atoms with Crippen LogP contribution < -0.4 is 10.5 Å². The summed E-state index contributed by atoms with van der Waals surface area (Å²) in [6.45, 7) is 4.31. The molecule has 86 valence electrons. The summed E-state index contributed by atoms with van der Waals surface area (Å²) in [5.41, 5.74) is 5.49. The summed E-state index contributed by atoms with van der Waals surface area (Å²) in [7, 11) is -3.10. The van der Waals surface area contributed by atoms with Gasteiger partial charge in [-0.3, -0.25) is 0 Å². The van der Waals surface area contributed by atoms with Crippen LogP contribution in [-0.2, 0) is 10.0 Å². The lowest BCUT2D eigenvalue weighted by Crippen LogP contribution is -2.41. The van der Waals surface area contributed by atoms with Gasteiger partial charge in [0.2, 0.25) is 10.0 Å². The molecule has 0 amide bonds. The summed E-state index contributed by atoms with van der Waals surface area (Å²) >= 11 is 0. The SMILES string of the molecule is CCCCC(CN)NS(=O)(=O)CCC. The Kier molecular flexibility index (Phi) is 7.13. The molecule has 0 saturated heterocycles. The van der Waals surface area contributed by atoms with E-state index in [0.29, 0.717) is 13.0 Å². The minimum atomic E-state index is -3.10. The molecule has 0 heterocycles. The van der Waals surface area contributed by atoms with E-state index in [0.717, 1.165) is 19.3 Å². The van der Waals surface area contributed by atoms with E-state index in [4.69, 9.17) is 5.73 Å². The average molecular weight is 222 g/mol. The molecule has 0 saturated carbocycles. The summed E-state index contributed by atoms with van der Waals surface area (Å²) < 4.78 is 25.4. The van der Waals surface area contributed by atoms with Crippen LogP contribution in [0.25, 0.3) is 0 Å². The average Bonchev–Trinajstić information content (AvgIpc) is 2.12. The van der Waals surface area contributed by atoms with E-state index in [2.05, 4.69) is 11.6 Å². The zero-order chi connectivity index (χ0) is 11.0. The predicted molar refractivity (Wildman–Crippen MR) is 59.6 cm³/mol. The van der Waals surface area contributed by atoms with E-state index in [1.54, 1.807) is 0 Å².